The number of imide groups is 1. The Morgan fingerprint density at radius 3 is 2.69 bits per heavy atom. The van der Waals surface area contributed by atoms with Gasteiger partial charge in [0, 0.05) is 25.0 Å². The Balaban J connectivity index is 2.22. The van der Waals surface area contributed by atoms with Crippen LogP contribution in [0.2, 0.25) is 0 Å². The van der Waals surface area contributed by atoms with Gasteiger partial charge in [0.2, 0.25) is 0 Å². The number of hydrogen-bond acceptors (Lipinski definition) is 4. The lowest BCUT2D eigenvalue weighted by Crippen LogP contribution is -2.33. The number of carbonyl (C=O) groups excluding carboxylic acids is 2. The normalized spacial score (nSPS) is 16.5. The maximum Gasteiger partial charge on any atom is 0.263 e. The Labute approximate surface area is 93.3 Å². The molecule has 1 aliphatic rings. The van der Waals surface area contributed by atoms with Gasteiger partial charge in [-0.3, -0.25) is 19.5 Å². The zero-order valence-corrected chi connectivity index (χ0v) is 9.01. The Morgan fingerprint density at radius 1 is 1.38 bits per heavy atom. The molecule has 5 heteroatoms. The molecular formula is C11H13N3O2. The van der Waals surface area contributed by atoms with Crippen molar-refractivity contribution in [2.45, 2.75) is 19.4 Å². The molecule has 1 aliphatic heterocycles. The second kappa shape index (κ2) is 4.02. The lowest BCUT2D eigenvalue weighted by molar-refractivity contribution is 0.0651. The monoisotopic (exact) mass is 219 g/mol. The maximum absolute atomic E-state index is 11.9. The van der Waals surface area contributed by atoms with E-state index in [1.54, 1.807) is 6.07 Å². The van der Waals surface area contributed by atoms with Crippen molar-refractivity contribution < 1.29 is 9.59 Å². The molecule has 2 rings (SSSR count). The number of amides is 2. The van der Waals surface area contributed by atoms with Crippen molar-refractivity contribution in [3.8, 4) is 0 Å². The fourth-order valence-electron chi connectivity index (χ4n) is 1.67. The van der Waals surface area contributed by atoms with Crippen LogP contribution in [0.3, 0.4) is 0 Å². The quantitative estimate of drug-likeness (QED) is 0.747. The van der Waals surface area contributed by atoms with Crippen molar-refractivity contribution in [1.29, 1.82) is 0 Å². The van der Waals surface area contributed by atoms with Crippen LogP contribution in [0.5, 0.6) is 0 Å². The first kappa shape index (κ1) is 10.8. The van der Waals surface area contributed by atoms with Gasteiger partial charge in [-0.25, -0.2) is 0 Å². The van der Waals surface area contributed by atoms with E-state index in [-0.39, 0.29) is 17.9 Å². The first-order valence-electron chi connectivity index (χ1n) is 5.17. The van der Waals surface area contributed by atoms with Crippen molar-refractivity contribution >= 4 is 11.8 Å². The molecular weight excluding hydrogens is 206 g/mol. The summed E-state index contributed by atoms with van der Waals surface area (Å²) < 4.78 is 0. The maximum atomic E-state index is 11.9. The highest BCUT2D eigenvalue weighted by Gasteiger charge is 2.35. The van der Waals surface area contributed by atoms with Gasteiger partial charge in [-0.05, 0) is 19.4 Å². The smallest absolute Gasteiger partial charge is 0.263 e. The van der Waals surface area contributed by atoms with Crippen LogP contribution >= 0.6 is 0 Å². The Bertz CT molecular complexity index is 408. The number of nitrogens with two attached hydrogens (primary N) is 1. The van der Waals surface area contributed by atoms with Gasteiger partial charge < -0.3 is 5.73 Å². The molecule has 84 valence electrons. The third-order valence-electron chi connectivity index (χ3n) is 2.58. The van der Waals surface area contributed by atoms with Crippen LogP contribution in [0.25, 0.3) is 0 Å². The number of nitrogens with zero attached hydrogens (tertiary/aromatic N) is 2. The zero-order valence-electron chi connectivity index (χ0n) is 9.01. The average molecular weight is 219 g/mol. The third-order valence-corrected chi connectivity index (χ3v) is 2.58. The van der Waals surface area contributed by atoms with Crippen molar-refractivity contribution in [3.05, 3.63) is 29.6 Å². The van der Waals surface area contributed by atoms with E-state index in [1.165, 1.54) is 17.3 Å². The van der Waals surface area contributed by atoms with Crippen molar-refractivity contribution in [1.82, 2.24) is 9.88 Å². The molecule has 0 fully saturated rings. The van der Waals surface area contributed by atoms with Crippen LogP contribution in [0.15, 0.2) is 18.5 Å². The molecule has 0 spiro atoms. The lowest BCUT2D eigenvalue weighted by Gasteiger charge is -2.14. The van der Waals surface area contributed by atoms with Crippen LogP contribution in [0.4, 0.5) is 0 Å². The van der Waals surface area contributed by atoms with Gasteiger partial charge in [-0.2, -0.15) is 0 Å². The van der Waals surface area contributed by atoms with Crippen LogP contribution in [-0.4, -0.2) is 34.3 Å². The van der Waals surface area contributed by atoms with E-state index in [0.717, 1.165) is 0 Å². The van der Waals surface area contributed by atoms with E-state index >= 15 is 0 Å². The minimum atomic E-state index is -0.270. The molecule has 2 heterocycles. The Kier molecular flexibility index (Phi) is 2.70. The highest BCUT2D eigenvalue weighted by atomic mass is 16.2. The van der Waals surface area contributed by atoms with E-state index in [4.69, 9.17) is 5.73 Å². The van der Waals surface area contributed by atoms with Gasteiger partial charge in [-0.15, -0.1) is 0 Å². The first-order valence-corrected chi connectivity index (χ1v) is 5.17. The molecule has 0 bridgehead atoms. The Hall–Kier alpha value is -1.75. The van der Waals surface area contributed by atoms with Crippen LogP contribution < -0.4 is 5.73 Å². The summed E-state index contributed by atoms with van der Waals surface area (Å²) in [5, 5.41) is 0. The van der Waals surface area contributed by atoms with Crippen molar-refractivity contribution in [2.75, 3.05) is 6.54 Å². The van der Waals surface area contributed by atoms with E-state index < -0.39 is 0 Å². The second-order valence-electron chi connectivity index (χ2n) is 3.95. The van der Waals surface area contributed by atoms with Crippen LogP contribution in [0.1, 0.15) is 34.1 Å². The molecule has 1 aromatic rings. The van der Waals surface area contributed by atoms with E-state index in [0.29, 0.717) is 24.1 Å². The minimum absolute atomic E-state index is 0.0255. The fraction of sp³-hybridized carbons (Fsp3) is 0.364. The molecule has 2 amide bonds. The van der Waals surface area contributed by atoms with Gasteiger partial charge in [0.1, 0.15) is 0 Å². The molecule has 0 aromatic carbocycles. The largest absolute Gasteiger partial charge is 0.328 e. The summed E-state index contributed by atoms with van der Waals surface area (Å²) >= 11 is 0. The number of rotatable bonds is 3. The van der Waals surface area contributed by atoms with Gasteiger partial charge in [-0.1, -0.05) is 0 Å². The molecule has 0 saturated carbocycles. The molecule has 0 aliphatic carbocycles. The molecule has 5 nitrogen and oxygen atoms in total. The summed E-state index contributed by atoms with van der Waals surface area (Å²) in [5.41, 5.74) is 6.43. The minimum Gasteiger partial charge on any atom is -0.328 e. The predicted molar refractivity (Wildman–Crippen MR) is 57.9 cm³/mol. The molecule has 16 heavy (non-hydrogen) atoms. The fourth-order valence-corrected chi connectivity index (χ4v) is 1.67. The molecule has 2 N–H and O–H groups in total. The van der Waals surface area contributed by atoms with Crippen molar-refractivity contribution in [3.63, 3.8) is 0 Å². The zero-order chi connectivity index (χ0) is 11.7. The van der Waals surface area contributed by atoms with E-state index in [2.05, 4.69) is 4.98 Å². The third kappa shape index (κ3) is 1.69. The average Bonchev–Trinajstić information content (AvgIpc) is 2.50. The summed E-state index contributed by atoms with van der Waals surface area (Å²) in [6.07, 6.45) is 3.55. The lowest BCUT2D eigenvalue weighted by atomic mass is 10.2. The second-order valence-corrected chi connectivity index (χ2v) is 3.95. The van der Waals surface area contributed by atoms with Gasteiger partial charge in [0.05, 0.1) is 11.1 Å². The summed E-state index contributed by atoms with van der Waals surface area (Å²) in [7, 11) is 0. The first-order chi connectivity index (χ1) is 7.61. The van der Waals surface area contributed by atoms with Crippen molar-refractivity contribution in [2.24, 2.45) is 5.73 Å². The molecule has 1 unspecified atom stereocenters. The number of hydrogen-bond donors (Lipinski definition) is 1. The van der Waals surface area contributed by atoms with Crippen LogP contribution in [0, 0.1) is 0 Å². The molecule has 1 aromatic heterocycles. The summed E-state index contributed by atoms with van der Waals surface area (Å²) in [5.74, 6) is -0.517. The Morgan fingerprint density at radius 2 is 2.06 bits per heavy atom. The number of pyridine rings is 1. The van der Waals surface area contributed by atoms with E-state index in [9.17, 15) is 9.59 Å². The highest BCUT2D eigenvalue weighted by molar-refractivity contribution is 6.21. The summed E-state index contributed by atoms with van der Waals surface area (Å²) in [4.78, 5) is 28.8. The number of aromatic nitrogens is 1. The highest BCUT2D eigenvalue weighted by Crippen LogP contribution is 2.21. The number of carbonyl (C=O) groups is 2. The summed E-state index contributed by atoms with van der Waals surface area (Å²) in [6.45, 7) is 2.21. The SMILES string of the molecule is CC(N)CCN1C(=O)c2ccncc2C1=O. The summed E-state index contributed by atoms with van der Waals surface area (Å²) in [6, 6.07) is 1.55. The molecule has 0 saturated heterocycles. The predicted octanol–water partition coefficient (Wildman–Crippen LogP) is 0.415. The van der Waals surface area contributed by atoms with Gasteiger partial charge in [0.15, 0.2) is 0 Å². The molecule has 1 atom stereocenters. The number of fused-ring (bicyclic) bond motifs is 1. The standard InChI is InChI=1S/C11H13N3O2/c1-7(12)3-5-14-10(15)8-2-4-13-6-9(8)11(14)16/h2,4,6-7H,3,5,12H2,1H3. The molecule has 0 radical (unpaired) electrons. The van der Waals surface area contributed by atoms with Gasteiger partial charge in [0.25, 0.3) is 11.8 Å². The topological polar surface area (TPSA) is 76.3 Å². The van der Waals surface area contributed by atoms with Gasteiger partial charge >= 0.3 is 0 Å². The van der Waals surface area contributed by atoms with E-state index in [1.807, 2.05) is 6.92 Å². The van der Waals surface area contributed by atoms with Crippen LogP contribution in [-0.2, 0) is 0 Å².